The zero-order valence-corrected chi connectivity index (χ0v) is 18.8. The first-order valence-electron chi connectivity index (χ1n) is 9.32. The molecule has 0 fully saturated rings. The third-order valence-corrected chi connectivity index (χ3v) is 5.17. The fourth-order valence-electron chi connectivity index (χ4n) is 2.70. The lowest BCUT2D eigenvalue weighted by molar-refractivity contribution is -0.140. The highest BCUT2D eigenvalue weighted by atomic mass is 79.9. The van der Waals surface area contributed by atoms with Crippen LogP contribution >= 0.6 is 27.5 Å². The van der Waals surface area contributed by atoms with Crippen LogP contribution in [0.3, 0.4) is 0 Å². The number of hydrogen-bond acceptors (Lipinski definition) is 2. The summed E-state index contributed by atoms with van der Waals surface area (Å²) in [6.07, 6.45) is 0.218. The molecule has 150 valence electrons. The van der Waals surface area contributed by atoms with Crippen LogP contribution in [0.4, 0.5) is 0 Å². The topological polar surface area (TPSA) is 49.4 Å². The summed E-state index contributed by atoms with van der Waals surface area (Å²) in [6.45, 7) is 6.80. The molecule has 2 rings (SSSR count). The lowest BCUT2D eigenvalue weighted by Crippen LogP contribution is -2.48. The summed E-state index contributed by atoms with van der Waals surface area (Å²) in [4.78, 5) is 27.3. The Morgan fingerprint density at radius 1 is 1.00 bits per heavy atom. The molecule has 0 unspecified atom stereocenters. The predicted octanol–water partition coefficient (Wildman–Crippen LogP) is 4.83. The van der Waals surface area contributed by atoms with Crippen LogP contribution in [0.25, 0.3) is 0 Å². The van der Waals surface area contributed by atoms with Crippen LogP contribution < -0.4 is 5.32 Å². The largest absolute Gasteiger partial charge is 0.354 e. The van der Waals surface area contributed by atoms with Crippen molar-refractivity contribution in [3.63, 3.8) is 0 Å². The van der Waals surface area contributed by atoms with E-state index in [0.29, 0.717) is 24.0 Å². The molecule has 0 aliphatic heterocycles. The Morgan fingerprint density at radius 3 is 2.14 bits per heavy atom. The van der Waals surface area contributed by atoms with Crippen LogP contribution in [0.1, 0.15) is 31.9 Å². The minimum absolute atomic E-state index is 0.0996. The van der Waals surface area contributed by atoms with Gasteiger partial charge in [-0.3, -0.25) is 9.59 Å². The van der Waals surface area contributed by atoms with E-state index in [1.165, 1.54) is 0 Å². The second-order valence-electron chi connectivity index (χ2n) is 7.27. The molecule has 2 aromatic rings. The number of rotatable bonds is 8. The molecule has 2 amide bonds. The van der Waals surface area contributed by atoms with Gasteiger partial charge in [0.15, 0.2) is 0 Å². The molecule has 1 atom stereocenters. The highest BCUT2D eigenvalue weighted by Gasteiger charge is 2.26. The van der Waals surface area contributed by atoms with Crippen LogP contribution in [-0.2, 0) is 22.6 Å². The smallest absolute Gasteiger partial charge is 0.242 e. The Hall–Kier alpha value is -1.85. The maximum Gasteiger partial charge on any atom is 0.242 e. The molecule has 1 N–H and O–H groups in total. The molecule has 0 aromatic heterocycles. The third-order valence-electron chi connectivity index (χ3n) is 4.39. The van der Waals surface area contributed by atoms with E-state index >= 15 is 0 Å². The van der Waals surface area contributed by atoms with Crippen molar-refractivity contribution in [2.75, 3.05) is 6.54 Å². The number of nitrogens with zero attached hydrogens (tertiary/aromatic N) is 1. The molecular weight excluding hydrogens is 440 g/mol. The second-order valence-corrected chi connectivity index (χ2v) is 8.62. The van der Waals surface area contributed by atoms with Crippen molar-refractivity contribution < 1.29 is 9.59 Å². The van der Waals surface area contributed by atoms with Gasteiger partial charge in [-0.25, -0.2) is 0 Å². The fourth-order valence-corrected chi connectivity index (χ4v) is 3.09. The molecule has 0 spiro atoms. The molecule has 0 saturated carbocycles. The van der Waals surface area contributed by atoms with E-state index in [0.717, 1.165) is 15.6 Å². The van der Waals surface area contributed by atoms with Gasteiger partial charge in [0.2, 0.25) is 11.8 Å². The summed E-state index contributed by atoms with van der Waals surface area (Å²) in [5, 5.41) is 3.55. The number of carbonyl (C=O) groups is 2. The average molecular weight is 466 g/mol. The Kier molecular flexibility index (Phi) is 8.52. The van der Waals surface area contributed by atoms with Gasteiger partial charge in [0.05, 0.1) is 6.42 Å². The zero-order valence-electron chi connectivity index (χ0n) is 16.4. The van der Waals surface area contributed by atoms with Crippen molar-refractivity contribution in [1.29, 1.82) is 0 Å². The van der Waals surface area contributed by atoms with Gasteiger partial charge >= 0.3 is 0 Å². The maximum absolute atomic E-state index is 13.1. The quantitative estimate of drug-likeness (QED) is 0.607. The lowest BCUT2D eigenvalue weighted by Gasteiger charge is -2.29. The molecule has 28 heavy (non-hydrogen) atoms. The highest BCUT2D eigenvalue weighted by Crippen LogP contribution is 2.16. The summed E-state index contributed by atoms with van der Waals surface area (Å²) in [6, 6.07) is 14.4. The Bertz CT molecular complexity index is 791. The van der Waals surface area contributed by atoms with Gasteiger partial charge < -0.3 is 10.2 Å². The monoisotopic (exact) mass is 464 g/mol. The number of benzene rings is 2. The number of halogens is 2. The first-order valence-corrected chi connectivity index (χ1v) is 10.5. The molecule has 4 nitrogen and oxygen atoms in total. The van der Waals surface area contributed by atoms with E-state index in [2.05, 4.69) is 21.2 Å². The van der Waals surface area contributed by atoms with Crippen LogP contribution in [0.5, 0.6) is 0 Å². The summed E-state index contributed by atoms with van der Waals surface area (Å²) < 4.78 is 0.970. The number of amides is 2. The molecule has 2 aromatic carbocycles. The van der Waals surface area contributed by atoms with Gasteiger partial charge in [-0.2, -0.15) is 0 Å². The van der Waals surface area contributed by atoms with E-state index < -0.39 is 6.04 Å². The molecule has 0 radical (unpaired) electrons. The lowest BCUT2D eigenvalue weighted by atomic mass is 10.1. The van der Waals surface area contributed by atoms with Crippen molar-refractivity contribution in [2.45, 2.75) is 39.8 Å². The van der Waals surface area contributed by atoms with Crippen molar-refractivity contribution in [3.8, 4) is 0 Å². The minimum atomic E-state index is -0.567. The van der Waals surface area contributed by atoms with Crippen molar-refractivity contribution in [1.82, 2.24) is 10.2 Å². The SMILES string of the molecule is CC(C)CNC(=O)[C@H](C)N(Cc1ccc(Br)cc1)C(=O)Cc1ccc(Cl)cc1. The number of nitrogens with one attached hydrogen (secondary N) is 1. The molecule has 0 aliphatic rings. The van der Waals surface area contributed by atoms with Crippen LogP contribution in [0, 0.1) is 5.92 Å². The van der Waals surface area contributed by atoms with E-state index in [9.17, 15) is 9.59 Å². The molecule has 0 saturated heterocycles. The first kappa shape index (κ1) is 22.4. The van der Waals surface area contributed by atoms with Gasteiger partial charge in [0.25, 0.3) is 0 Å². The second kappa shape index (κ2) is 10.6. The zero-order chi connectivity index (χ0) is 20.7. The van der Waals surface area contributed by atoms with E-state index in [-0.39, 0.29) is 18.2 Å². The Balaban J connectivity index is 2.18. The first-order chi connectivity index (χ1) is 13.3. The van der Waals surface area contributed by atoms with E-state index in [1.807, 2.05) is 50.2 Å². The van der Waals surface area contributed by atoms with Crippen molar-refractivity contribution >= 4 is 39.3 Å². The van der Waals surface area contributed by atoms with Gasteiger partial charge in [0, 0.05) is 22.6 Å². The fraction of sp³-hybridized carbons (Fsp3) is 0.364. The number of hydrogen-bond donors (Lipinski definition) is 1. The van der Waals surface area contributed by atoms with Crippen LogP contribution in [0.15, 0.2) is 53.0 Å². The summed E-state index contributed by atoms with van der Waals surface area (Å²) in [5.74, 6) is 0.105. The van der Waals surface area contributed by atoms with Gasteiger partial charge in [-0.1, -0.05) is 65.6 Å². The molecule has 0 heterocycles. The highest BCUT2D eigenvalue weighted by molar-refractivity contribution is 9.10. The Morgan fingerprint density at radius 2 is 1.57 bits per heavy atom. The van der Waals surface area contributed by atoms with Crippen molar-refractivity contribution in [2.24, 2.45) is 5.92 Å². The summed E-state index contributed by atoms with van der Waals surface area (Å²) >= 11 is 9.35. The molecule has 0 aliphatic carbocycles. The van der Waals surface area contributed by atoms with Crippen molar-refractivity contribution in [3.05, 3.63) is 69.2 Å². The number of carbonyl (C=O) groups excluding carboxylic acids is 2. The van der Waals surface area contributed by atoms with Crippen LogP contribution in [0.2, 0.25) is 5.02 Å². The molecule has 0 bridgehead atoms. The third kappa shape index (κ3) is 6.95. The van der Waals surface area contributed by atoms with E-state index in [1.54, 1.807) is 24.0 Å². The van der Waals surface area contributed by atoms with Crippen LogP contribution in [-0.4, -0.2) is 29.3 Å². The Labute approximate surface area is 180 Å². The predicted molar refractivity (Wildman–Crippen MR) is 117 cm³/mol. The molecular formula is C22H26BrClN2O2. The summed E-state index contributed by atoms with van der Waals surface area (Å²) in [7, 11) is 0. The standard InChI is InChI=1S/C22H26BrClN2O2/c1-15(2)13-25-22(28)16(3)26(14-18-4-8-19(23)9-5-18)21(27)12-17-6-10-20(24)11-7-17/h4-11,15-16H,12-14H2,1-3H3,(H,25,28)/t16-/m0/s1. The average Bonchev–Trinajstić information content (AvgIpc) is 2.66. The minimum Gasteiger partial charge on any atom is -0.354 e. The molecule has 6 heteroatoms. The maximum atomic E-state index is 13.1. The normalized spacial score (nSPS) is 11.9. The van der Waals surface area contributed by atoms with E-state index in [4.69, 9.17) is 11.6 Å². The summed E-state index contributed by atoms with van der Waals surface area (Å²) in [5.41, 5.74) is 1.83. The van der Waals surface area contributed by atoms with Gasteiger partial charge in [-0.15, -0.1) is 0 Å². The van der Waals surface area contributed by atoms with Gasteiger partial charge in [-0.05, 0) is 48.2 Å². The van der Waals surface area contributed by atoms with Gasteiger partial charge in [0.1, 0.15) is 6.04 Å².